The number of carbonyl (C=O) groups is 1. The summed E-state index contributed by atoms with van der Waals surface area (Å²) in [5.74, 6) is 0.491. The largest absolute Gasteiger partial charge is 0.489 e. The fourth-order valence-electron chi connectivity index (χ4n) is 2.53. The third-order valence-electron chi connectivity index (χ3n) is 3.78. The minimum atomic E-state index is -0.331. The lowest BCUT2D eigenvalue weighted by Gasteiger charge is -2.08. The summed E-state index contributed by atoms with van der Waals surface area (Å²) >= 11 is 0. The maximum atomic E-state index is 11.4. The number of esters is 1. The standard InChI is InChI=1S/C22H20O3/c1-2-24-22(23)13-9-17-8-10-19-11-12-21(15-20(19)14-17)25-16-18-6-4-3-5-7-18/h3-15H,2,16H2,1H3/b13-9+. The van der Waals surface area contributed by atoms with E-state index >= 15 is 0 Å². The van der Waals surface area contributed by atoms with E-state index in [4.69, 9.17) is 9.47 Å². The minimum Gasteiger partial charge on any atom is -0.489 e. The maximum Gasteiger partial charge on any atom is 0.330 e. The molecule has 0 spiro atoms. The molecule has 0 aliphatic heterocycles. The van der Waals surface area contributed by atoms with Crippen LogP contribution in [0.1, 0.15) is 18.1 Å². The molecule has 0 aliphatic rings. The fourth-order valence-corrected chi connectivity index (χ4v) is 2.53. The van der Waals surface area contributed by atoms with Gasteiger partial charge in [0, 0.05) is 6.08 Å². The van der Waals surface area contributed by atoms with Crippen LogP contribution >= 0.6 is 0 Å². The van der Waals surface area contributed by atoms with Crippen molar-refractivity contribution >= 4 is 22.8 Å². The molecule has 0 unspecified atom stereocenters. The third kappa shape index (κ3) is 4.70. The molecule has 0 radical (unpaired) electrons. The Morgan fingerprint density at radius 1 is 0.960 bits per heavy atom. The Labute approximate surface area is 147 Å². The topological polar surface area (TPSA) is 35.5 Å². The van der Waals surface area contributed by atoms with Gasteiger partial charge in [-0.15, -0.1) is 0 Å². The average Bonchev–Trinajstić information content (AvgIpc) is 2.65. The molecule has 0 atom stereocenters. The molecule has 3 aromatic rings. The van der Waals surface area contributed by atoms with Gasteiger partial charge >= 0.3 is 5.97 Å². The molecular formula is C22H20O3. The van der Waals surface area contributed by atoms with Gasteiger partial charge in [-0.1, -0.05) is 48.5 Å². The number of hydrogen-bond acceptors (Lipinski definition) is 3. The van der Waals surface area contributed by atoms with Crippen molar-refractivity contribution in [3.8, 4) is 5.75 Å². The van der Waals surface area contributed by atoms with Crippen molar-refractivity contribution in [2.75, 3.05) is 6.61 Å². The van der Waals surface area contributed by atoms with Gasteiger partial charge in [-0.3, -0.25) is 0 Å². The van der Waals surface area contributed by atoms with Gasteiger partial charge in [0.1, 0.15) is 12.4 Å². The van der Waals surface area contributed by atoms with Crippen molar-refractivity contribution in [1.29, 1.82) is 0 Å². The second-order valence-electron chi connectivity index (χ2n) is 5.63. The first kappa shape index (κ1) is 16.8. The van der Waals surface area contributed by atoms with E-state index in [1.165, 1.54) is 6.08 Å². The summed E-state index contributed by atoms with van der Waals surface area (Å²) in [4.78, 5) is 11.4. The summed E-state index contributed by atoms with van der Waals surface area (Å²) in [5.41, 5.74) is 2.08. The number of hydrogen-bond donors (Lipinski definition) is 0. The highest BCUT2D eigenvalue weighted by molar-refractivity contribution is 5.90. The van der Waals surface area contributed by atoms with Crippen molar-refractivity contribution in [2.45, 2.75) is 13.5 Å². The van der Waals surface area contributed by atoms with Gasteiger partial charge in [-0.2, -0.15) is 0 Å². The fraction of sp³-hybridized carbons (Fsp3) is 0.136. The van der Waals surface area contributed by atoms with Crippen molar-refractivity contribution in [1.82, 2.24) is 0 Å². The normalized spacial score (nSPS) is 10.9. The van der Waals surface area contributed by atoms with E-state index in [9.17, 15) is 4.79 Å². The molecule has 0 bridgehead atoms. The van der Waals surface area contributed by atoms with E-state index in [0.717, 1.165) is 27.6 Å². The van der Waals surface area contributed by atoms with Gasteiger partial charge < -0.3 is 9.47 Å². The number of rotatable bonds is 6. The molecule has 3 heteroatoms. The molecule has 3 rings (SSSR count). The zero-order valence-corrected chi connectivity index (χ0v) is 14.1. The maximum absolute atomic E-state index is 11.4. The van der Waals surface area contributed by atoms with Crippen LogP contribution in [-0.4, -0.2) is 12.6 Å². The Kier molecular flexibility index (Phi) is 5.47. The van der Waals surface area contributed by atoms with Crippen molar-refractivity contribution in [2.24, 2.45) is 0 Å². The van der Waals surface area contributed by atoms with Gasteiger partial charge in [-0.05, 0) is 53.1 Å². The highest BCUT2D eigenvalue weighted by Crippen LogP contribution is 2.23. The Morgan fingerprint density at radius 2 is 1.76 bits per heavy atom. The molecule has 3 aromatic carbocycles. The van der Waals surface area contributed by atoms with Crippen molar-refractivity contribution in [3.63, 3.8) is 0 Å². The van der Waals surface area contributed by atoms with Gasteiger partial charge in [0.05, 0.1) is 6.61 Å². The predicted octanol–water partition coefficient (Wildman–Crippen LogP) is 5.00. The summed E-state index contributed by atoms with van der Waals surface area (Å²) in [6.45, 7) is 2.70. The first-order chi connectivity index (χ1) is 12.2. The smallest absolute Gasteiger partial charge is 0.330 e. The predicted molar refractivity (Wildman–Crippen MR) is 100 cm³/mol. The second kappa shape index (κ2) is 8.15. The first-order valence-electron chi connectivity index (χ1n) is 8.30. The monoisotopic (exact) mass is 332 g/mol. The van der Waals surface area contributed by atoms with E-state index in [2.05, 4.69) is 0 Å². The average molecular weight is 332 g/mol. The van der Waals surface area contributed by atoms with E-state index in [-0.39, 0.29) is 5.97 Å². The van der Waals surface area contributed by atoms with Crippen LogP contribution in [0.2, 0.25) is 0 Å². The van der Waals surface area contributed by atoms with Crippen LogP contribution in [0.25, 0.3) is 16.8 Å². The second-order valence-corrected chi connectivity index (χ2v) is 5.63. The van der Waals surface area contributed by atoms with Crippen molar-refractivity contribution < 1.29 is 14.3 Å². The summed E-state index contributed by atoms with van der Waals surface area (Å²) in [6.07, 6.45) is 3.20. The van der Waals surface area contributed by atoms with Crippen LogP contribution < -0.4 is 4.74 Å². The van der Waals surface area contributed by atoms with Crippen LogP contribution in [0.15, 0.2) is 72.8 Å². The number of fused-ring (bicyclic) bond motifs is 1. The van der Waals surface area contributed by atoms with Gasteiger partial charge in [0.25, 0.3) is 0 Å². The lowest BCUT2D eigenvalue weighted by Crippen LogP contribution is -1.98. The molecule has 0 aliphatic carbocycles. The minimum absolute atomic E-state index is 0.331. The zero-order chi connectivity index (χ0) is 17.5. The highest BCUT2D eigenvalue weighted by Gasteiger charge is 2.00. The Balaban J connectivity index is 1.75. The summed E-state index contributed by atoms with van der Waals surface area (Å²) < 4.78 is 10.8. The quantitative estimate of drug-likeness (QED) is 0.471. The lowest BCUT2D eigenvalue weighted by molar-refractivity contribution is -0.137. The third-order valence-corrected chi connectivity index (χ3v) is 3.78. The molecule has 126 valence electrons. The van der Waals surface area contributed by atoms with Gasteiger partial charge in [-0.25, -0.2) is 4.79 Å². The van der Waals surface area contributed by atoms with E-state index in [1.54, 1.807) is 13.0 Å². The molecule has 0 fully saturated rings. The van der Waals surface area contributed by atoms with Crippen molar-refractivity contribution in [3.05, 3.63) is 83.9 Å². The number of benzene rings is 3. The van der Waals surface area contributed by atoms with E-state index < -0.39 is 0 Å². The van der Waals surface area contributed by atoms with E-state index in [0.29, 0.717) is 13.2 Å². The molecule has 0 saturated heterocycles. The number of carbonyl (C=O) groups excluding carboxylic acids is 1. The van der Waals surface area contributed by atoms with Crippen LogP contribution in [0, 0.1) is 0 Å². The zero-order valence-electron chi connectivity index (χ0n) is 14.1. The molecule has 0 saturated carbocycles. The molecule has 0 amide bonds. The Bertz CT molecular complexity index is 882. The van der Waals surface area contributed by atoms with Gasteiger partial charge in [0.2, 0.25) is 0 Å². The van der Waals surface area contributed by atoms with Crippen LogP contribution in [-0.2, 0) is 16.1 Å². The Hall–Kier alpha value is -3.07. The van der Waals surface area contributed by atoms with Crippen LogP contribution in [0.4, 0.5) is 0 Å². The Morgan fingerprint density at radius 3 is 2.56 bits per heavy atom. The van der Waals surface area contributed by atoms with E-state index in [1.807, 2.05) is 66.7 Å². The molecule has 3 nitrogen and oxygen atoms in total. The molecule has 0 aromatic heterocycles. The molecule has 0 N–H and O–H groups in total. The first-order valence-corrected chi connectivity index (χ1v) is 8.30. The van der Waals surface area contributed by atoms with Crippen LogP contribution in [0.3, 0.4) is 0 Å². The van der Waals surface area contributed by atoms with Crippen LogP contribution in [0.5, 0.6) is 5.75 Å². The molecule has 0 heterocycles. The summed E-state index contributed by atoms with van der Waals surface area (Å²) in [6, 6.07) is 22.1. The summed E-state index contributed by atoms with van der Waals surface area (Å²) in [7, 11) is 0. The highest BCUT2D eigenvalue weighted by atomic mass is 16.5. The lowest BCUT2D eigenvalue weighted by atomic mass is 10.1. The molecule has 25 heavy (non-hydrogen) atoms. The number of ether oxygens (including phenoxy) is 2. The van der Waals surface area contributed by atoms with Gasteiger partial charge in [0.15, 0.2) is 0 Å². The summed E-state index contributed by atoms with van der Waals surface area (Å²) in [5, 5.41) is 2.19. The SMILES string of the molecule is CCOC(=O)/C=C/c1ccc2ccc(OCc3ccccc3)cc2c1. The molecular weight excluding hydrogens is 312 g/mol.